The van der Waals surface area contributed by atoms with E-state index < -0.39 is 0 Å². The minimum Gasteiger partial charge on any atom is -0.373 e. The quantitative estimate of drug-likeness (QED) is 0.797. The molecule has 0 radical (unpaired) electrons. The minimum atomic E-state index is -0.0880. The number of thiophene rings is 1. The van der Waals surface area contributed by atoms with E-state index in [-0.39, 0.29) is 11.6 Å². The first-order chi connectivity index (χ1) is 8.15. The predicted molar refractivity (Wildman–Crippen MR) is 75.8 cm³/mol. The molecule has 3 heteroatoms. The predicted octanol–water partition coefficient (Wildman–Crippen LogP) is 3.91. The standard InChI is InChI=1S/C14H25NOS/c1-6-14(7-2,16-8-3)13(15-5)12-9-10-17-11(12)4/h9-10,13,15H,6-8H2,1-5H3. The molecule has 0 aromatic carbocycles. The first kappa shape index (κ1) is 14.7. The molecule has 1 rings (SSSR count). The Hall–Kier alpha value is -0.380. The molecule has 0 saturated heterocycles. The molecule has 0 amide bonds. The number of nitrogens with one attached hydrogen (secondary N) is 1. The van der Waals surface area contributed by atoms with Crippen molar-refractivity contribution in [1.29, 1.82) is 0 Å². The molecular formula is C14H25NOS. The van der Waals surface area contributed by atoms with Gasteiger partial charge in [-0.15, -0.1) is 11.3 Å². The number of aryl methyl sites for hydroxylation is 1. The summed E-state index contributed by atoms with van der Waals surface area (Å²) in [6.07, 6.45) is 2.05. The summed E-state index contributed by atoms with van der Waals surface area (Å²) >= 11 is 1.81. The summed E-state index contributed by atoms with van der Waals surface area (Å²) in [5.74, 6) is 0. The lowest BCUT2D eigenvalue weighted by molar-refractivity contribution is -0.0718. The van der Waals surface area contributed by atoms with Crippen LogP contribution in [0.25, 0.3) is 0 Å². The molecule has 1 atom stereocenters. The molecule has 0 aliphatic rings. The Bertz CT molecular complexity index is 331. The average Bonchev–Trinajstić information content (AvgIpc) is 2.75. The van der Waals surface area contributed by atoms with Crippen LogP contribution >= 0.6 is 11.3 Å². The largest absolute Gasteiger partial charge is 0.373 e. The van der Waals surface area contributed by atoms with Crippen LogP contribution in [0.2, 0.25) is 0 Å². The molecule has 0 aliphatic carbocycles. The molecule has 0 fully saturated rings. The Morgan fingerprint density at radius 2 is 2.00 bits per heavy atom. The average molecular weight is 255 g/mol. The summed E-state index contributed by atoms with van der Waals surface area (Å²) in [5.41, 5.74) is 1.30. The van der Waals surface area contributed by atoms with E-state index >= 15 is 0 Å². The molecule has 98 valence electrons. The molecule has 2 nitrogen and oxygen atoms in total. The van der Waals surface area contributed by atoms with E-state index in [1.54, 1.807) is 0 Å². The molecule has 1 N–H and O–H groups in total. The smallest absolute Gasteiger partial charge is 0.0871 e. The van der Waals surface area contributed by atoms with Crippen molar-refractivity contribution in [1.82, 2.24) is 5.32 Å². The Morgan fingerprint density at radius 1 is 1.35 bits per heavy atom. The molecule has 1 unspecified atom stereocenters. The van der Waals surface area contributed by atoms with Crippen molar-refractivity contribution in [2.45, 2.75) is 52.2 Å². The van der Waals surface area contributed by atoms with Crippen molar-refractivity contribution < 1.29 is 4.74 Å². The van der Waals surface area contributed by atoms with Crippen LogP contribution in [0.1, 0.15) is 50.1 Å². The van der Waals surface area contributed by atoms with E-state index in [0.717, 1.165) is 19.4 Å². The lowest BCUT2D eigenvalue weighted by atomic mass is 9.84. The third kappa shape index (κ3) is 2.90. The van der Waals surface area contributed by atoms with Crippen LogP contribution in [0.4, 0.5) is 0 Å². The summed E-state index contributed by atoms with van der Waals surface area (Å²) in [5, 5.41) is 5.62. The first-order valence-electron chi connectivity index (χ1n) is 6.50. The van der Waals surface area contributed by atoms with Gasteiger partial charge in [0.05, 0.1) is 11.6 Å². The second-order valence-corrected chi connectivity index (χ2v) is 5.48. The molecule has 17 heavy (non-hydrogen) atoms. The maximum absolute atomic E-state index is 6.10. The van der Waals surface area contributed by atoms with Crippen LogP contribution in [0, 0.1) is 6.92 Å². The van der Waals surface area contributed by atoms with Gasteiger partial charge < -0.3 is 10.1 Å². The Labute approximate surface area is 109 Å². The third-order valence-electron chi connectivity index (χ3n) is 3.65. The lowest BCUT2D eigenvalue weighted by Crippen LogP contribution is -2.44. The maximum atomic E-state index is 6.10. The third-order valence-corrected chi connectivity index (χ3v) is 4.51. The van der Waals surface area contributed by atoms with Crippen molar-refractivity contribution in [3.63, 3.8) is 0 Å². The van der Waals surface area contributed by atoms with Gasteiger partial charge in [0.1, 0.15) is 0 Å². The van der Waals surface area contributed by atoms with Gasteiger partial charge in [0.15, 0.2) is 0 Å². The minimum absolute atomic E-state index is 0.0880. The van der Waals surface area contributed by atoms with Crippen molar-refractivity contribution >= 4 is 11.3 Å². The van der Waals surface area contributed by atoms with E-state index in [1.807, 2.05) is 18.4 Å². The number of hydrogen-bond donors (Lipinski definition) is 1. The van der Waals surface area contributed by atoms with Gasteiger partial charge in [-0.3, -0.25) is 0 Å². The van der Waals surface area contributed by atoms with Gasteiger partial charge in [-0.25, -0.2) is 0 Å². The molecule has 1 aromatic rings. The summed E-state index contributed by atoms with van der Waals surface area (Å²) in [6, 6.07) is 2.50. The van der Waals surface area contributed by atoms with Crippen LogP contribution in [-0.2, 0) is 4.74 Å². The van der Waals surface area contributed by atoms with Crippen LogP contribution in [-0.4, -0.2) is 19.3 Å². The van der Waals surface area contributed by atoms with E-state index in [4.69, 9.17) is 4.74 Å². The number of likely N-dealkylation sites (N-methyl/N-ethyl adjacent to an activating group) is 1. The number of ether oxygens (including phenoxy) is 1. The highest BCUT2D eigenvalue weighted by atomic mass is 32.1. The van der Waals surface area contributed by atoms with Crippen LogP contribution < -0.4 is 5.32 Å². The van der Waals surface area contributed by atoms with Gasteiger partial charge >= 0.3 is 0 Å². The Morgan fingerprint density at radius 3 is 2.35 bits per heavy atom. The molecule has 0 bridgehead atoms. The van der Waals surface area contributed by atoms with Crippen LogP contribution in [0.3, 0.4) is 0 Å². The summed E-state index contributed by atoms with van der Waals surface area (Å²) < 4.78 is 6.10. The second-order valence-electron chi connectivity index (χ2n) is 4.36. The van der Waals surface area contributed by atoms with Gasteiger partial charge in [-0.1, -0.05) is 13.8 Å². The van der Waals surface area contributed by atoms with Gasteiger partial charge in [0.25, 0.3) is 0 Å². The molecule has 1 heterocycles. The van der Waals surface area contributed by atoms with Crippen molar-refractivity contribution in [2.75, 3.05) is 13.7 Å². The Balaban J connectivity index is 3.09. The maximum Gasteiger partial charge on any atom is 0.0871 e. The first-order valence-corrected chi connectivity index (χ1v) is 7.38. The highest BCUT2D eigenvalue weighted by Crippen LogP contribution is 2.37. The lowest BCUT2D eigenvalue weighted by Gasteiger charge is -2.39. The summed E-state index contributed by atoms with van der Waals surface area (Å²) in [4.78, 5) is 1.38. The van der Waals surface area contributed by atoms with Gasteiger partial charge in [-0.05, 0) is 50.7 Å². The van der Waals surface area contributed by atoms with Gasteiger partial charge in [0, 0.05) is 11.5 Å². The highest BCUT2D eigenvalue weighted by molar-refractivity contribution is 7.10. The normalized spacial score (nSPS) is 13.9. The molecule has 0 saturated carbocycles. The fourth-order valence-corrected chi connectivity index (χ4v) is 3.37. The van der Waals surface area contributed by atoms with E-state index in [9.17, 15) is 0 Å². The number of hydrogen-bond acceptors (Lipinski definition) is 3. The Kier molecular flexibility index (Phi) is 5.63. The zero-order chi connectivity index (χ0) is 12.9. The summed E-state index contributed by atoms with van der Waals surface area (Å²) in [7, 11) is 2.03. The topological polar surface area (TPSA) is 21.3 Å². The zero-order valence-corrected chi connectivity index (χ0v) is 12.5. The van der Waals surface area contributed by atoms with E-state index in [1.165, 1.54) is 10.4 Å². The zero-order valence-electron chi connectivity index (χ0n) is 11.7. The van der Waals surface area contributed by atoms with Crippen molar-refractivity contribution in [2.24, 2.45) is 0 Å². The fourth-order valence-electron chi connectivity index (χ4n) is 2.63. The van der Waals surface area contributed by atoms with E-state index in [2.05, 4.69) is 44.5 Å². The van der Waals surface area contributed by atoms with Gasteiger partial charge in [-0.2, -0.15) is 0 Å². The second kappa shape index (κ2) is 6.53. The van der Waals surface area contributed by atoms with Crippen molar-refractivity contribution in [3.8, 4) is 0 Å². The molecule has 0 aliphatic heterocycles. The molecular weight excluding hydrogens is 230 g/mol. The summed E-state index contributed by atoms with van der Waals surface area (Å²) in [6.45, 7) is 9.46. The van der Waals surface area contributed by atoms with Crippen molar-refractivity contribution in [3.05, 3.63) is 21.9 Å². The monoisotopic (exact) mass is 255 g/mol. The fraction of sp³-hybridized carbons (Fsp3) is 0.714. The van der Waals surface area contributed by atoms with E-state index in [0.29, 0.717) is 0 Å². The highest BCUT2D eigenvalue weighted by Gasteiger charge is 2.37. The molecule has 1 aromatic heterocycles. The number of rotatable bonds is 7. The van der Waals surface area contributed by atoms with Crippen LogP contribution in [0.5, 0.6) is 0 Å². The SMILES string of the molecule is CCOC(CC)(CC)C(NC)c1ccsc1C. The van der Waals surface area contributed by atoms with Crippen LogP contribution in [0.15, 0.2) is 11.4 Å². The molecule has 0 spiro atoms. The van der Waals surface area contributed by atoms with Gasteiger partial charge in [0.2, 0.25) is 0 Å².